The summed E-state index contributed by atoms with van der Waals surface area (Å²) >= 11 is 0. The number of carbonyl (C=O) groups is 10. The van der Waals surface area contributed by atoms with Crippen molar-refractivity contribution in [2.24, 2.45) is 0 Å². The highest BCUT2D eigenvalue weighted by molar-refractivity contribution is 6.03. The summed E-state index contributed by atoms with van der Waals surface area (Å²) in [5.74, 6) is -4.40. The zero-order valence-corrected chi connectivity index (χ0v) is 76.9. The standard InChI is InChI=1S/5C22H19N3O4/c5*1-24-10-19(26)25-16(22(24)27)9-14-13-4-2-3-5-15(13)23-20(14)21(25)12-6-7-17-18(8-12)29-11-28-17/h5*2-8,16,21,23H,9-11H2,1H3/t5*16-,21?/m11111/s1/i2D,3D,4D,5D,10D2,11D2;2D,3D,4D,5D,10D2;6D,7D,8D,10D2;10D2,11D2;10D2. The summed E-state index contributed by atoms with van der Waals surface area (Å²) in [5.41, 5.74) is 11.1. The molecule has 35 heteroatoms. The number of fused-ring (bicyclic) bond motifs is 25. The van der Waals surface area contributed by atoms with Crippen LogP contribution in [-0.2, 0) is 80.0 Å². The molecule has 15 aliphatic heterocycles. The highest BCUT2D eigenvalue weighted by atomic mass is 16.7. The molecule has 5 unspecified atom stereocenters. The third kappa shape index (κ3) is 14.2. The van der Waals surface area contributed by atoms with Crippen LogP contribution in [-0.4, -0.2) is 265 Å². The van der Waals surface area contributed by atoms with Gasteiger partial charge in [-0.2, -0.15) is 0 Å². The maximum absolute atomic E-state index is 13.5. The molecule has 5 fully saturated rings. The van der Waals surface area contributed by atoms with Gasteiger partial charge in [-0.1, -0.05) is 121 Å². The molecule has 730 valence electrons. The van der Waals surface area contributed by atoms with E-state index in [1.807, 2.05) is 78.9 Å². The Bertz CT molecular complexity index is 9540. The van der Waals surface area contributed by atoms with Crippen LogP contribution in [0.25, 0.3) is 54.5 Å². The zero-order chi connectivity index (χ0) is 121. The zero-order valence-electron chi connectivity index (χ0n) is 102. The van der Waals surface area contributed by atoms with Gasteiger partial charge in [-0.3, -0.25) is 47.9 Å². The molecule has 10 aromatic carbocycles. The number of aromatic amines is 5. The fourth-order valence-electron chi connectivity index (χ4n) is 22.2. The molecule has 0 saturated carbocycles. The van der Waals surface area contributed by atoms with Crippen molar-refractivity contribution >= 4 is 114 Å². The Kier molecular flexibility index (Phi) is 15.2. The van der Waals surface area contributed by atoms with Gasteiger partial charge in [0.25, 0.3) is 0 Å². The highest BCUT2D eigenvalue weighted by Crippen LogP contribution is 2.53. The molecular formula is C110H95N15O20. The Morgan fingerprint density at radius 1 is 0.262 bits per heavy atom. The number of H-pyrrole nitrogens is 5. The van der Waals surface area contributed by atoms with E-state index in [1.54, 1.807) is 48.5 Å². The molecule has 30 rings (SSSR count). The Balaban J connectivity index is 0.000000104. The number of nitrogens with one attached hydrogen (secondary N) is 5. The number of ether oxygens (including phenoxy) is 10. The molecule has 5 aromatic heterocycles. The van der Waals surface area contributed by atoms with Crippen LogP contribution in [0, 0.1) is 0 Å². The molecule has 0 spiro atoms. The first kappa shape index (κ1) is 64.8. The minimum absolute atomic E-state index is 0.00769. The Morgan fingerprint density at radius 2 is 0.517 bits per heavy atom. The van der Waals surface area contributed by atoms with Crippen LogP contribution < -0.4 is 47.4 Å². The lowest BCUT2D eigenvalue weighted by atomic mass is 9.86. The number of aromatic nitrogens is 5. The average molecular weight is 1970 g/mol. The van der Waals surface area contributed by atoms with E-state index in [4.69, 9.17) is 81.6 Å². The van der Waals surface area contributed by atoms with E-state index in [2.05, 4.69) is 24.9 Å². The predicted molar refractivity (Wildman–Crippen MR) is 523 cm³/mol. The van der Waals surface area contributed by atoms with Crippen molar-refractivity contribution in [1.82, 2.24) is 73.9 Å². The molecule has 0 bridgehead atoms. The van der Waals surface area contributed by atoms with E-state index >= 15 is 0 Å². The summed E-state index contributed by atoms with van der Waals surface area (Å²) < 4.78 is 259. The van der Waals surface area contributed by atoms with E-state index in [0.29, 0.717) is 80.0 Å². The fourth-order valence-corrected chi connectivity index (χ4v) is 22.2. The lowest BCUT2D eigenvalue weighted by Gasteiger charge is -2.46. The minimum Gasteiger partial charge on any atom is -0.454 e. The maximum atomic E-state index is 13.5. The second-order valence-corrected chi connectivity index (χ2v) is 36.5. The summed E-state index contributed by atoms with van der Waals surface area (Å²) in [5, 5.41) is 3.22. The SMILES string of the molecule is [2H]C1([2H])C(=O)N2C(c3ccc4c(c3)OCO4)c3[nH]c4ccccc4c3C[C@@H]2C(=O)N1C.[2H]C1([2H])Oc2ccc(C3c4[nH]c5ccccc5c4C[C@@H]4C(=O)N(C)C([2H])([2H])C(=O)N34)cc2O1.[2H]c1c([2H])c(C2c3[nH]c4ccccc4c3C[C@@H]3C(=O)N(C)C([2H])([2H])C(=O)N23)c([2H])c2c1OCO2.[2H]c1c([2H])c([2H])c2c3c([nH]c2c1[2H])C(c1ccc2c(c1)OC([2H])([2H])O2)N1C(=O)C([2H])([2H])N(C)C(=O)[C@H]1C3.[2H]c1c([2H])c([2H])c2c3c([nH]c2c1[2H])C(c1ccc2c(c1)OCO2)N1C(=O)C([2H])([2H])N(C)C(=O)[C@H]1C3. The van der Waals surface area contributed by atoms with Gasteiger partial charge in [0, 0.05) is 150 Å². The van der Waals surface area contributed by atoms with Crippen molar-refractivity contribution in [2.45, 2.75) is 92.5 Å². The molecule has 10 amide bonds. The van der Waals surface area contributed by atoms with Gasteiger partial charge >= 0.3 is 0 Å². The normalized spacial score (nSPS) is 27.7. The van der Waals surface area contributed by atoms with Gasteiger partial charge in [0.2, 0.25) is 92.9 Å². The first-order chi connectivity index (χ1) is 80.4. The van der Waals surface area contributed by atoms with Gasteiger partial charge in [0.15, 0.2) is 57.5 Å². The number of para-hydroxylation sites is 5. The van der Waals surface area contributed by atoms with Gasteiger partial charge in [-0.15, -0.1) is 0 Å². The highest BCUT2D eigenvalue weighted by Gasteiger charge is 2.55. The maximum Gasteiger partial charge on any atom is 0.245 e. The third-order valence-electron chi connectivity index (χ3n) is 28.7. The Hall–Kier alpha value is -17.4. The smallest absolute Gasteiger partial charge is 0.245 e. The molecule has 10 atom stereocenters. The third-order valence-corrected chi connectivity index (χ3v) is 28.7. The van der Waals surface area contributed by atoms with Crippen molar-refractivity contribution < 1.29 is 130 Å². The molecule has 35 nitrogen and oxygen atoms in total. The number of carbonyl (C=O) groups excluding carboxylic acids is 10. The first-order valence-electron chi connectivity index (χ1n) is 58.6. The van der Waals surface area contributed by atoms with Crippen LogP contribution >= 0.6 is 0 Å². The number of nitrogens with zero attached hydrogens (tertiary/aromatic N) is 10. The average Bonchev–Trinajstić information content (AvgIpc) is 1.53. The summed E-state index contributed by atoms with van der Waals surface area (Å²) in [7, 11) is 6.35. The van der Waals surface area contributed by atoms with Gasteiger partial charge in [0.1, 0.15) is 35.7 Å². The summed E-state index contributed by atoms with van der Waals surface area (Å²) in [6.45, 7) is -17.5. The molecule has 15 aliphatic rings. The van der Waals surface area contributed by atoms with Crippen LogP contribution in [0.3, 0.4) is 0 Å². The second kappa shape index (κ2) is 33.9. The molecule has 5 saturated heterocycles. The molecule has 145 heavy (non-hydrogen) atoms. The molecule has 5 N–H and O–H groups in total. The Morgan fingerprint density at radius 3 is 0.848 bits per heavy atom. The number of hydrogen-bond acceptors (Lipinski definition) is 20. The van der Waals surface area contributed by atoms with E-state index in [-0.39, 0.29) is 150 Å². The van der Waals surface area contributed by atoms with E-state index in [0.717, 1.165) is 95.0 Å². The van der Waals surface area contributed by atoms with Gasteiger partial charge in [-0.05, 0) is 147 Å². The number of amides is 10. The Labute approximate surface area is 861 Å². The summed E-state index contributed by atoms with van der Waals surface area (Å²) in [6.07, 6.45) is 0.620. The number of rotatable bonds is 5. The largest absolute Gasteiger partial charge is 0.454 e. The van der Waals surface area contributed by atoms with Crippen molar-refractivity contribution in [2.75, 3.05) is 102 Å². The van der Waals surface area contributed by atoms with Crippen molar-refractivity contribution in [3.8, 4) is 57.5 Å². The first-order valence-corrected chi connectivity index (χ1v) is 46.1. The summed E-state index contributed by atoms with van der Waals surface area (Å²) in [4.78, 5) is 160. The van der Waals surface area contributed by atoms with Crippen LogP contribution in [0.2, 0.25) is 0 Å². The topological polar surface area (TPSA) is 374 Å². The van der Waals surface area contributed by atoms with Crippen molar-refractivity contribution in [1.29, 1.82) is 0 Å². The fraction of sp³-hybridized carbons (Fsp3) is 0.273. The number of benzene rings is 10. The van der Waals surface area contributed by atoms with Crippen molar-refractivity contribution in [3.05, 3.63) is 296 Å². The number of piperazine rings is 5. The van der Waals surface area contributed by atoms with E-state index in [9.17, 15) is 47.9 Å². The van der Waals surface area contributed by atoms with Gasteiger partial charge in [-0.25, -0.2) is 0 Å². The lowest BCUT2D eigenvalue weighted by molar-refractivity contribution is -0.157. The van der Waals surface area contributed by atoms with Crippen LogP contribution in [0.5, 0.6) is 57.5 Å². The lowest BCUT2D eigenvalue weighted by Crippen LogP contribution is -2.62. The monoisotopic (exact) mass is 1970 g/mol. The van der Waals surface area contributed by atoms with Gasteiger partial charge < -0.3 is 121 Å². The molecular weight excluding hydrogens is 1850 g/mol. The van der Waals surface area contributed by atoms with Gasteiger partial charge in [0.05, 0.1) is 91.5 Å². The van der Waals surface area contributed by atoms with E-state index in [1.165, 1.54) is 68.1 Å². The quantitative estimate of drug-likeness (QED) is 0.107. The molecule has 0 radical (unpaired) electrons. The van der Waals surface area contributed by atoms with E-state index < -0.39 is 190 Å². The summed E-state index contributed by atoms with van der Waals surface area (Å²) in [6, 6.07) is 29.3. The molecule has 20 heterocycles. The van der Waals surface area contributed by atoms with Crippen LogP contribution in [0.4, 0.5) is 0 Å². The second-order valence-electron chi connectivity index (χ2n) is 36.5. The van der Waals surface area contributed by atoms with Crippen LogP contribution in [0.15, 0.2) is 212 Å². The number of hydrogen-bond donors (Lipinski definition) is 5. The predicted octanol–water partition coefficient (Wildman–Crippen LogP) is 11.1. The van der Waals surface area contributed by atoms with Crippen molar-refractivity contribution in [3.63, 3.8) is 0 Å². The van der Waals surface area contributed by atoms with Crippen LogP contribution in [0.1, 0.15) is 149 Å². The molecule has 0 aliphatic carbocycles. The minimum atomic E-state index is -2.65. The number of likely N-dealkylation sites (N-methyl/N-ethyl adjacent to an activating group) is 5. The molecule has 15 aromatic rings.